The minimum Gasteiger partial charge on any atom is -0.450 e. The Kier molecular flexibility index (Phi) is 7.59. The highest BCUT2D eigenvalue weighted by Gasteiger charge is 2.24. The van der Waals surface area contributed by atoms with E-state index < -0.39 is 18.1 Å². The zero-order chi connectivity index (χ0) is 20.5. The molecule has 1 amide bonds. The van der Waals surface area contributed by atoms with Crippen molar-refractivity contribution < 1.29 is 24.2 Å². The Bertz CT molecular complexity index is 949. The number of benzene rings is 1. The van der Waals surface area contributed by atoms with E-state index in [-0.39, 0.29) is 18.8 Å². The summed E-state index contributed by atoms with van der Waals surface area (Å²) >= 11 is 0. The zero-order valence-corrected chi connectivity index (χ0v) is 15.7. The molecule has 0 aliphatic heterocycles. The van der Waals surface area contributed by atoms with E-state index in [1.807, 2.05) is 0 Å². The van der Waals surface area contributed by atoms with Crippen molar-refractivity contribution in [1.29, 1.82) is 0 Å². The number of hydrogen-bond donors (Lipinski definition) is 3. The third-order valence-corrected chi connectivity index (χ3v) is 3.88. The van der Waals surface area contributed by atoms with Gasteiger partial charge in [-0.05, 0) is 61.1 Å². The predicted molar refractivity (Wildman–Crippen MR) is 103 cm³/mol. The van der Waals surface area contributed by atoms with Crippen molar-refractivity contribution in [3.05, 3.63) is 59.0 Å². The summed E-state index contributed by atoms with van der Waals surface area (Å²) in [4.78, 5) is 24.1. The van der Waals surface area contributed by atoms with Crippen molar-refractivity contribution in [1.82, 2.24) is 5.32 Å². The van der Waals surface area contributed by atoms with Crippen LogP contribution in [0.15, 0.2) is 40.8 Å². The van der Waals surface area contributed by atoms with Crippen LogP contribution in [0, 0.1) is 23.7 Å². The summed E-state index contributed by atoms with van der Waals surface area (Å²) < 4.78 is 5.22. The Morgan fingerprint density at radius 1 is 1.11 bits per heavy atom. The first-order valence-corrected chi connectivity index (χ1v) is 8.78. The Labute approximate surface area is 163 Å². The highest BCUT2D eigenvalue weighted by molar-refractivity contribution is 5.98. The van der Waals surface area contributed by atoms with Crippen LogP contribution < -0.4 is 5.32 Å². The van der Waals surface area contributed by atoms with Crippen molar-refractivity contribution in [2.75, 3.05) is 0 Å². The molecule has 28 heavy (non-hydrogen) atoms. The third kappa shape index (κ3) is 5.85. The number of Topliss-reactive ketones (excluding diaryl/α,β-unsaturated/α-hetero) is 1. The second-order valence-corrected chi connectivity index (χ2v) is 6.01. The molecule has 3 N–H and O–H groups in total. The molecule has 144 valence electrons. The van der Waals surface area contributed by atoms with Gasteiger partial charge in [-0.2, -0.15) is 0 Å². The van der Waals surface area contributed by atoms with Crippen molar-refractivity contribution in [3.63, 3.8) is 0 Å². The SMILES string of the molecule is CCC(=O)C(NC(=O)c1ccc(C#CC#Cc2ccc(CO)o2)cc1)C(C)O. The number of hydrogen-bond acceptors (Lipinski definition) is 5. The number of carbonyl (C=O) groups excluding carboxylic acids is 2. The van der Waals surface area contributed by atoms with Gasteiger partial charge in [-0.1, -0.05) is 12.8 Å². The molecular formula is C22H21NO5. The van der Waals surface area contributed by atoms with Crippen LogP contribution in [0.25, 0.3) is 0 Å². The number of aliphatic hydroxyl groups is 2. The van der Waals surface area contributed by atoms with Gasteiger partial charge in [-0.15, -0.1) is 0 Å². The summed E-state index contributed by atoms with van der Waals surface area (Å²) in [5.74, 6) is 11.1. The lowest BCUT2D eigenvalue weighted by Crippen LogP contribution is -2.47. The topological polar surface area (TPSA) is 99.8 Å². The average molecular weight is 379 g/mol. The van der Waals surface area contributed by atoms with Gasteiger partial charge in [-0.25, -0.2) is 0 Å². The third-order valence-electron chi connectivity index (χ3n) is 3.88. The van der Waals surface area contributed by atoms with Crippen LogP contribution >= 0.6 is 0 Å². The van der Waals surface area contributed by atoms with E-state index in [0.29, 0.717) is 22.6 Å². The molecule has 0 fully saturated rings. The van der Waals surface area contributed by atoms with E-state index in [1.54, 1.807) is 43.3 Å². The van der Waals surface area contributed by atoms with Crippen LogP contribution in [0.5, 0.6) is 0 Å². The molecule has 0 saturated heterocycles. The quantitative estimate of drug-likeness (QED) is 0.663. The molecule has 0 aliphatic carbocycles. The lowest BCUT2D eigenvalue weighted by Gasteiger charge is -2.19. The van der Waals surface area contributed by atoms with Crippen LogP contribution in [0.2, 0.25) is 0 Å². The Morgan fingerprint density at radius 2 is 1.79 bits per heavy atom. The van der Waals surface area contributed by atoms with Gasteiger partial charge in [0.1, 0.15) is 18.4 Å². The van der Waals surface area contributed by atoms with Gasteiger partial charge < -0.3 is 19.9 Å². The first-order chi connectivity index (χ1) is 13.4. The van der Waals surface area contributed by atoms with E-state index in [1.165, 1.54) is 6.92 Å². The molecule has 0 spiro atoms. The molecular weight excluding hydrogens is 358 g/mol. The Morgan fingerprint density at radius 3 is 2.36 bits per heavy atom. The van der Waals surface area contributed by atoms with E-state index in [4.69, 9.17) is 9.52 Å². The van der Waals surface area contributed by atoms with Crippen molar-refractivity contribution in [2.45, 2.75) is 39.0 Å². The van der Waals surface area contributed by atoms with Gasteiger partial charge in [0.15, 0.2) is 11.5 Å². The molecule has 2 aromatic rings. The maximum Gasteiger partial charge on any atom is 0.251 e. The first kappa shape index (κ1) is 21.0. The van der Waals surface area contributed by atoms with Crippen LogP contribution in [0.3, 0.4) is 0 Å². The highest BCUT2D eigenvalue weighted by Crippen LogP contribution is 2.07. The van der Waals surface area contributed by atoms with Crippen LogP contribution in [0.4, 0.5) is 0 Å². The zero-order valence-electron chi connectivity index (χ0n) is 15.7. The normalized spacial score (nSPS) is 12.0. The summed E-state index contributed by atoms with van der Waals surface area (Å²) in [6.45, 7) is 2.96. The molecule has 6 heteroatoms. The Hall–Kier alpha value is -3.32. The van der Waals surface area contributed by atoms with Crippen LogP contribution in [-0.2, 0) is 11.4 Å². The summed E-state index contributed by atoms with van der Waals surface area (Å²) in [6.07, 6.45) is -0.743. The largest absolute Gasteiger partial charge is 0.450 e. The number of furan rings is 1. The fourth-order valence-corrected chi connectivity index (χ4v) is 2.35. The predicted octanol–water partition coefficient (Wildman–Crippen LogP) is 1.63. The molecule has 1 aromatic heterocycles. The number of ketones is 1. The number of nitrogens with one attached hydrogen (secondary N) is 1. The van der Waals surface area contributed by atoms with Crippen molar-refractivity contribution in [3.8, 4) is 23.7 Å². The minimum atomic E-state index is -0.970. The van der Waals surface area contributed by atoms with Gasteiger partial charge >= 0.3 is 0 Å². The second-order valence-electron chi connectivity index (χ2n) is 6.01. The lowest BCUT2D eigenvalue weighted by molar-refractivity contribution is -0.122. The van der Waals surface area contributed by atoms with E-state index in [9.17, 15) is 14.7 Å². The fraction of sp³-hybridized carbons (Fsp3) is 0.273. The second kappa shape index (κ2) is 10.1. The molecule has 2 unspecified atom stereocenters. The van der Waals surface area contributed by atoms with Crippen molar-refractivity contribution in [2.24, 2.45) is 0 Å². The number of aliphatic hydroxyl groups excluding tert-OH is 2. The molecule has 0 saturated carbocycles. The molecule has 2 atom stereocenters. The maximum absolute atomic E-state index is 12.3. The molecule has 0 radical (unpaired) electrons. The fourth-order valence-electron chi connectivity index (χ4n) is 2.35. The van der Waals surface area contributed by atoms with Gasteiger partial charge in [0.25, 0.3) is 5.91 Å². The monoisotopic (exact) mass is 379 g/mol. The van der Waals surface area contributed by atoms with Gasteiger partial charge in [0.2, 0.25) is 0 Å². The van der Waals surface area contributed by atoms with Gasteiger partial charge in [0.05, 0.1) is 6.10 Å². The van der Waals surface area contributed by atoms with Gasteiger partial charge in [0, 0.05) is 17.5 Å². The van der Waals surface area contributed by atoms with E-state index in [0.717, 1.165) is 0 Å². The molecule has 1 aromatic carbocycles. The minimum absolute atomic E-state index is 0.183. The van der Waals surface area contributed by atoms with Gasteiger partial charge in [-0.3, -0.25) is 9.59 Å². The Balaban J connectivity index is 2.01. The number of carbonyl (C=O) groups is 2. The van der Waals surface area contributed by atoms with Crippen LogP contribution in [-0.4, -0.2) is 34.0 Å². The van der Waals surface area contributed by atoms with Crippen LogP contribution in [0.1, 0.15) is 47.7 Å². The lowest BCUT2D eigenvalue weighted by atomic mass is 10.0. The van der Waals surface area contributed by atoms with Crippen molar-refractivity contribution >= 4 is 11.7 Å². The molecule has 0 bridgehead atoms. The highest BCUT2D eigenvalue weighted by atomic mass is 16.4. The molecule has 6 nitrogen and oxygen atoms in total. The van der Waals surface area contributed by atoms with E-state index >= 15 is 0 Å². The molecule has 1 heterocycles. The summed E-state index contributed by atoms with van der Waals surface area (Å²) in [7, 11) is 0. The molecule has 0 aliphatic rings. The summed E-state index contributed by atoms with van der Waals surface area (Å²) in [5, 5.41) is 21.2. The number of amides is 1. The number of rotatable bonds is 6. The standard InChI is InChI=1S/C22H21NO5/c1-3-20(26)21(15(2)25)23-22(27)17-10-8-16(9-11-17)6-4-5-7-18-12-13-19(14-24)28-18/h8-13,15,21,24-25H,3,14H2,1-2H3,(H,23,27). The first-order valence-electron chi connectivity index (χ1n) is 8.78. The summed E-state index contributed by atoms with van der Waals surface area (Å²) in [6, 6.07) is 8.86. The smallest absolute Gasteiger partial charge is 0.251 e. The average Bonchev–Trinajstić information content (AvgIpc) is 3.17. The van der Waals surface area contributed by atoms with E-state index in [2.05, 4.69) is 29.0 Å². The summed E-state index contributed by atoms with van der Waals surface area (Å²) in [5.41, 5.74) is 1.02. The maximum atomic E-state index is 12.3. The molecule has 2 rings (SSSR count).